The number of nitrogens with one attached hydrogen (secondary N) is 1. The smallest absolute Gasteiger partial charge is 0.221 e. The van der Waals surface area contributed by atoms with Gasteiger partial charge >= 0.3 is 0 Å². The molecule has 1 amide bonds. The van der Waals surface area contributed by atoms with Gasteiger partial charge in [-0.05, 0) is 19.1 Å². The highest BCUT2D eigenvalue weighted by Gasteiger charge is 2.26. The van der Waals surface area contributed by atoms with Crippen LogP contribution >= 0.6 is 0 Å². The third-order valence-corrected chi connectivity index (χ3v) is 3.53. The van der Waals surface area contributed by atoms with Crippen LogP contribution in [-0.2, 0) is 16.9 Å². The number of aryl methyl sites for hydroxylation is 1. The van der Waals surface area contributed by atoms with Crippen LogP contribution in [0.1, 0.15) is 44.7 Å². The van der Waals surface area contributed by atoms with Gasteiger partial charge in [-0.3, -0.25) is 4.79 Å². The quantitative estimate of drug-likeness (QED) is 0.820. The van der Waals surface area contributed by atoms with Crippen molar-refractivity contribution in [2.24, 2.45) is 0 Å². The summed E-state index contributed by atoms with van der Waals surface area (Å²) in [5.41, 5.74) is -1.21. The molecule has 22 heavy (non-hydrogen) atoms. The fourth-order valence-corrected chi connectivity index (χ4v) is 2.26. The first-order chi connectivity index (χ1) is 10.4. The summed E-state index contributed by atoms with van der Waals surface area (Å²) in [6, 6.07) is 3.39. The average Bonchev–Trinajstić information content (AvgIpc) is 3.13. The Labute approximate surface area is 130 Å². The first-order valence-corrected chi connectivity index (χ1v) is 7.44. The molecule has 2 N–H and O–H groups in total. The lowest BCUT2D eigenvalue weighted by molar-refractivity contribution is -0.122. The van der Waals surface area contributed by atoms with Crippen molar-refractivity contribution in [2.45, 2.75) is 45.3 Å². The van der Waals surface area contributed by atoms with Crippen LogP contribution in [0.15, 0.2) is 35.2 Å². The van der Waals surface area contributed by atoms with Crippen molar-refractivity contribution in [1.29, 1.82) is 0 Å². The molecule has 6 heteroatoms. The number of nitrogens with zero attached hydrogens (tertiary/aromatic N) is 2. The van der Waals surface area contributed by atoms with Gasteiger partial charge in [0.05, 0.1) is 12.8 Å². The fourth-order valence-electron chi connectivity index (χ4n) is 2.26. The normalized spacial score (nSPS) is 14.0. The van der Waals surface area contributed by atoms with Crippen molar-refractivity contribution in [1.82, 2.24) is 14.9 Å². The molecule has 120 valence electrons. The molecule has 0 spiro atoms. The van der Waals surface area contributed by atoms with Crippen molar-refractivity contribution in [3.8, 4) is 0 Å². The molecule has 2 aromatic rings. The van der Waals surface area contributed by atoms with E-state index in [4.69, 9.17) is 4.42 Å². The molecule has 2 rings (SSSR count). The van der Waals surface area contributed by atoms with Crippen LogP contribution in [0, 0.1) is 0 Å². The number of furan rings is 1. The highest BCUT2D eigenvalue weighted by atomic mass is 16.4. The van der Waals surface area contributed by atoms with Crippen molar-refractivity contribution in [3.05, 3.63) is 42.4 Å². The van der Waals surface area contributed by atoms with E-state index < -0.39 is 5.60 Å². The molecule has 0 saturated heterocycles. The standard InChI is InChI=1S/C16H23N3O3/c1-12(2)15-17-7-9-19(15)8-6-14(20)18-11-16(3,21)13-5-4-10-22-13/h4-5,7,9-10,12,21H,6,8,11H2,1-3H3,(H,18,20). The summed E-state index contributed by atoms with van der Waals surface area (Å²) in [6.07, 6.45) is 5.46. The Morgan fingerprint density at radius 1 is 1.55 bits per heavy atom. The first kappa shape index (κ1) is 16.3. The molecule has 0 aromatic carbocycles. The minimum absolute atomic E-state index is 0.111. The number of amides is 1. The van der Waals surface area contributed by atoms with Gasteiger partial charge in [-0.2, -0.15) is 0 Å². The maximum absolute atomic E-state index is 11.9. The second kappa shape index (κ2) is 6.79. The first-order valence-electron chi connectivity index (χ1n) is 7.44. The third kappa shape index (κ3) is 3.98. The molecular weight excluding hydrogens is 282 g/mol. The number of carbonyl (C=O) groups is 1. The van der Waals surface area contributed by atoms with E-state index in [0.717, 1.165) is 5.82 Å². The SMILES string of the molecule is CC(C)c1nccn1CCC(=O)NCC(C)(O)c1ccco1. The number of rotatable bonds is 7. The summed E-state index contributed by atoms with van der Waals surface area (Å²) in [7, 11) is 0. The zero-order valence-corrected chi connectivity index (χ0v) is 13.2. The number of carbonyl (C=O) groups excluding carboxylic acids is 1. The summed E-state index contributed by atoms with van der Waals surface area (Å²) < 4.78 is 7.16. The molecule has 2 heterocycles. The van der Waals surface area contributed by atoms with Crippen LogP contribution in [0.2, 0.25) is 0 Å². The predicted octanol–water partition coefficient (Wildman–Crippen LogP) is 2.01. The van der Waals surface area contributed by atoms with Gasteiger partial charge in [0, 0.05) is 31.3 Å². The Kier molecular flexibility index (Phi) is 5.03. The van der Waals surface area contributed by atoms with Crippen LogP contribution in [0.5, 0.6) is 0 Å². The molecule has 1 atom stereocenters. The van der Waals surface area contributed by atoms with Crippen molar-refractivity contribution in [2.75, 3.05) is 6.54 Å². The van der Waals surface area contributed by atoms with Gasteiger partial charge in [0.15, 0.2) is 0 Å². The van der Waals surface area contributed by atoms with E-state index in [1.54, 1.807) is 25.3 Å². The van der Waals surface area contributed by atoms with E-state index in [9.17, 15) is 9.90 Å². The number of aliphatic hydroxyl groups is 1. The summed E-state index contributed by atoms with van der Waals surface area (Å²) in [6.45, 7) is 6.43. The second-order valence-corrected chi connectivity index (χ2v) is 5.91. The van der Waals surface area contributed by atoms with E-state index in [2.05, 4.69) is 24.1 Å². The van der Waals surface area contributed by atoms with E-state index in [1.165, 1.54) is 6.26 Å². The van der Waals surface area contributed by atoms with Crippen molar-refractivity contribution < 1.29 is 14.3 Å². The monoisotopic (exact) mass is 305 g/mol. The van der Waals surface area contributed by atoms with Gasteiger partial charge < -0.3 is 19.4 Å². The summed E-state index contributed by atoms with van der Waals surface area (Å²) >= 11 is 0. The number of imidazole rings is 1. The zero-order chi connectivity index (χ0) is 16.2. The molecule has 0 saturated carbocycles. The summed E-state index contributed by atoms with van der Waals surface area (Å²) in [5, 5.41) is 13.0. The zero-order valence-electron chi connectivity index (χ0n) is 13.2. The topological polar surface area (TPSA) is 80.3 Å². The van der Waals surface area contributed by atoms with Gasteiger partial charge in [-0.15, -0.1) is 0 Å². The van der Waals surface area contributed by atoms with Gasteiger partial charge in [0.25, 0.3) is 0 Å². The molecule has 1 unspecified atom stereocenters. The van der Waals surface area contributed by atoms with Crippen LogP contribution < -0.4 is 5.32 Å². The number of aromatic nitrogens is 2. The lowest BCUT2D eigenvalue weighted by Crippen LogP contribution is -2.38. The lowest BCUT2D eigenvalue weighted by Gasteiger charge is -2.21. The van der Waals surface area contributed by atoms with Gasteiger partial charge in [-0.1, -0.05) is 13.8 Å². The Bertz CT molecular complexity index is 600. The molecule has 2 aromatic heterocycles. The minimum Gasteiger partial charge on any atom is -0.466 e. The highest BCUT2D eigenvalue weighted by Crippen LogP contribution is 2.19. The van der Waals surface area contributed by atoms with Gasteiger partial charge in [0.2, 0.25) is 5.91 Å². The Morgan fingerprint density at radius 3 is 2.95 bits per heavy atom. The minimum atomic E-state index is -1.21. The Hall–Kier alpha value is -2.08. The molecule has 0 radical (unpaired) electrons. The van der Waals surface area contributed by atoms with E-state index in [0.29, 0.717) is 24.6 Å². The average molecular weight is 305 g/mol. The largest absolute Gasteiger partial charge is 0.466 e. The maximum atomic E-state index is 11.9. The van der Waals surface area contributed by atoms with Crippen LogP contribution in [-0.4, -0.2) is 27.1 Å². The van der Waals surface area contributed by atoms with Crippen LogP contribution in [0.3, 0.4) is 0 Å². The second-order valence-electron chi connectivity index (χ2n) is 5.91. The Morgan fingerprint density at radius 2 is 2.32 bits per heavy atom. The van der Waals surface area contributed by atoms with Gasteiger partial charge in [-0.25, -0.2) is 4.98 Å². The van der Waals surface area contributed by atoms with Crippen LogP contribution in [0.4, 0.5) is 0 Å². The molecule has 0 fully saturated rings. The van der Waals surface area contributed by atoms with Crippen molar-refractivity contribution in [3.63, 3.8) is 0 Å². The highest BCUT2D eigenvalue weighted by molar-refractivity contribution is 5.75. The molecule has 0 aliphatic carbocycles. The number of hydrogen-bond acceptors (Lipinski definition) is 4. The van der Waals surface area contributed by atoms with Crippen LogP contribution in [0.25, 0.3) is 0 Å². The van der Waals surface area contributed by atoms with E-state index in [1.807, 2.05) is 10.8 Å². The molecule has 0 aliphatic heterocycles. The third-order valence-electron chi connectivity index (χ3n) is 3.53. The predicted molar refractivity (Wildman–Crippen MR) is 82.2 cm³/mol. The molecular formula is C16H23N3O3. The summed E-state index contributed by atoms with van der Waals surface area (Å²) in [5.74, 6) is 1.60. The van der Waals surface area contributed by atoms with Crippen molar-refractivity contribution >= 4 is 5.91 Å². The molecule has 0 bridgehead atoms. The van der Waals surface area contributed by atoms with Gasteiger partial charge in [0.1, 0.15) is 17.2 Å². The van der Waals surface area contributed by atoms with E-state index in [-0.39, 0.29) is 12.5 Å². The fraction of sp³-hybridized carbons (Fsp3) is 0.500. The Balaban J connectivity index is 1.82. The number of hydrogen-bond donors (Lipinski definition) is 2. The maximum Gasteiger partial charge on any atom is 0.221 e. The summed E-state index contributed by atoms with van der Waals surface area (Å²) in [4.78, 5) is 16.2. The molecule has 0 aliphatic rings. The van der Waals surface area contributed by atoms with E-state index >= 15 is 0 Å². The molecule has 6 nitrogen and oxygen atoms in total. The lowest BCUT2D eigenvalue weighted by atomic mass is 10.0.